The molecule has 0 unspecified atom stereocenters. The van der Waals surface area contributed by atoms with Crippen molar-refractivity contribution in [2.75, 3.05) is 11.5 Å². The summed E-state index contributed by atoms with van der Waals surface area (Å²) in [6, 6.07) is 1.78. The van der Waals surface area contributed by atoms with Crippen LogP contribution in [0.25, 0.3) is 0 Å². The molecular formula is C13H20O3S2. The molecule has 0 radical (unpaired) electrons. The van der Waals surface area contributed by atoms with Crippen LogP contribution >= 0.6 is 11.3 Å². The molecule has 0 aliphatic heterocycles. The molecule has 0 saturated carbocycles. The van der Waals surface area contributed by atoms with Crippen LogP contribution in [0.15, 0.2) is 6.07 Å². The highest BCUT2D eigenvalue weighted by atomic mass is 32.2. The monoisotopic (exact) mass is 288 g/mol. The zero-order valence-electron chi connectivity index (χ0n) is 11.3. The number of sulfone groups is 1. The molecule has 5 heteroatoms. The van der Waals surface area contributed by atoms with Gasteiger partial charge in [0.15, 0.2) is 15.6 Å². The van der Waals surface area contributed by atoms with E-state index in [1.807, 2.05) is 27.7 Å². The highest BCUT2D eigenvalue weighted by molar-refractivity contribution is 7.92. The van der Waals surface area contributed by atoms with Crippen LogP contribution in [0.4, 0.5) is 0 Å². The Morgan fingerprint density at radius 3 is 2.39 bits per heavy atom. The Kier molecular flexibility index (Phi) is 5.10. The fourth-order valence-electron chi connectivity index (χ4n) is 1.67. The Labute approximate surface area is 113 Å². The summed E-state index contributed by atoms with van der Waals surface area (Å²) in [5, 5.41) is 0. The van der Waals surface area contributed by atoms with Crippen LogP contribution in [0.2, 0.25) is 0 Å². The Morgan fingerprint density at radius 2 is 1.94 bits per heavy atom. The van der Waals surface area contributed by atoms with E-state index in [0.29, 0.717) is 17.9 Å². The number of thiophene rings is 1. The fourth-order valence-corrected chi connectivity index (χ4v) is 4.14. The van der Waals surface area contributed by atoms with E-state index in [1.54, 1.807) is 6.07 Å². The molecule has 0 aliphatic rings. The number of hydrogen-bond donors (Lipinski definition) is 0. The zero-order valence-corrected chi connectivity index (χ0v) is 13.0. The molecule has 1 aromatic heterocycles. The first-order valence-corrected chi connectivity index (χ1v) is 8.65. The van der Waals surface area contributed by atoms with E-state index >= 15 is 0 Å². The summed E-state index contributed by atoms with van der Waals surface area (Å²) < 4.78 is 23.6. The molecule has 0 saturated heterocycles. The first-order valence-electron chi connectivity index (χ1n) is 6.02. The van der Waals surface area contributed by atoms with Crippen LogP contribution in [0, 0.1) is 19.8 Å². The lowest BCUT2D eigenvalue weighted by Gasteiger charge is -2.05. The number of rotatable bonds is 6. The van der Waals surface area contributed by atoms with Gasteiger partial charge in [0, 0.05) is 15.3 Å². The third-order valence-corrected chi connectivity index (χ3v) is 5.22. The van der Waals surface area contributed by atoms with Gasteiger partial charge in [-0.15, -0.1) is 11.3 Å². The van der Waals surface area contributed by atoms with Gasteiger partial charge in [-0.05, 0) is 32.3 Å². The molecule has 0 atom stereocenters. The van der Waals surface area contributed by atoms with E-state index in [-0.39, 0.29) is 17.3 Å². The standard InChI is InChI=1S/C13H20O3S2/c1-9(2)5-6-18(15,16)8-13(14)12-7-10(3)17-11(12)4/h7,9H,5-6,8H2,1-4H3. The summed E-state index contributed by atoms with van der Waals surface area (Å²) in [5.74, 6) is -0.212. The average molecular weight is 288 g/mol. The minimum Gasteiger partial charge on any atom is -0.293 e. The summed E-state index contributed by atoms with van der Waals surface area (Å²) in [7, 11) is -3.28. The smallest absolute Gasteiger partial charge is 0.178 e. The number of carbonyl (C=O) groups is 1. The van der Waals surface area contributed by atoms with Gasteiger partial charge in [0.1, 0.15) is 5.75 Å². The quantitative estimate of drug-likeness (QED) is 0.756. The van der Waals surface area contributed by atoms with Crippen LogP contribution in [-0.4, -0.2) is 25.7 Å². The topological polar surface area (TPSA) is 51.2 Å². The van der Waals surface area contributed by atoms with E-state index < -0.39 is 9.84 Å². The maximum Gasteiger partial charge on any atom is 0.178 e. The van der Waals surface area contributed by atoms with Crippen molar-refractivity contribution in [3.05, 3.63) is 21.4 Å². The second-order valence-electron chi connectivity index (χ2n) is 5.02. The lowest BCUT2D eigenvalue weighted by Crippen LogP contribution is -2.20. The van der Waals surface area contributed by atoms with Gasteiger partial charge in [0.05, 0.1) is 5.75 Å². The predicted molar refractivity (Wildman–Crippen MR) is 76.2 cm³/mol. The van der Waals surface area contributed by atoms with E-state index in [9.17, 15) is 13.2 Å². The van der Waals surface area contributed by atoms with Crippen molar-refractivity contribution in [3.8, 4) is 0 Å². The van der Waals surface area contributed by atoms with E-state index in [2.05, 4.69) is 0 Å². The van der Waals surface area contributed by atoms with Crippen molar-refractivity contribution in [1.82, 2.24) is 0 Å². The van der Waals surface area contributed by atoms with Gasteiger partial charge in [-0.3, -0.25) is 4.79 Å². The van der Waals surface area contributed by atoms with Crippen LogP contribution < -0.4 is 0 Å². The first-order chi connectivity index (χ1) is 8.21. The summed E-state index contributed by atoms with van der Waals surface area (Å²) in [6.45, 7) is 7.72. The normalized spacial score (nSPS) is 12.1. The molecule has 1 aromatic rings. The Bertz CT molecular complexity index is 524. The number of hydrogen-bond acceptors (Lipinski definition) is 4. The number of Topliss-reactive ketones (excluding diaryl/α,β-unsaturated/α-hetero) is 1. The van der Waals surface area contributed by atoms with Crippen molar-refractivity contribution < 1.29 is 13.2 Å². The van der Waals surface area contributed by atoms with E-state index in [0.717, 1.165) is 9.75 Å². The van der Waals surface area contributed by atoms with Crippen LogP contribution in [0.5, 0.6) is 0 Å². The average Bonchev–Trinajstić information content (AvgIpc) is 2.54. The number of aryl methyl sites for hydroxylation is 2. The summed E-state index contributed by atoms with van der Waals surface area (Å²) in [6.07, 6.45) is 0.608. The van der Waals surface area contributed by atoms with E-state index in [4.69, 9.17) is 0 Å². The summed E-state index contributed by atoms with van der Waals surface area (Å²) in [4.78, 5) is 13.9. The lowest BCUT2D eigenvalue weighted by molar-refractivity contribution is 0.102. The van der Waals surface area contributed by atoms with Crippen molar-refractivity contribution in [2.24, 2.45) is 5.92 Å². The molecule has 0 aliphatic carbocycles. The van der Waals surface area contributed by atoms with Gasteiger partial charge >= 0.3 is 0 Å². The summed E-state index contributed by atoms with van der Waals surface area (Å²) in [5.41, 5.74) is 0.561. The Hall–Kier alpha value is -0.680. The molecule has 0 fully saturated rings. The first kappa shape index (κ1) is 15.4. The molecule has 0 spiro atoms. The van der Waals surface area contributed by atoms with Crippen LogP contribution in [0.3, 0.4) is 0 Å². The van der Waals surface area contributed by atoms with Crippen molar-refractivity contribution in [3.63, 3.8) is 0 Å². The third-order valence-electron chi connectivity index (χ3n) is 2.70. The fraction of sp³-hybridized carbons (Fsp3) is 0.615. The van der Waals surface area contributed by atoms with Crippen molar-refractivity contribution in [2.45, 2.75) is 34.1 Å². The van der Waals surface area contributed by atoms with Crippen LogP contribution in [-0.2, 0) is 9.84 Å². The molecule has 1 rings (SSSR count). The molecule has 3 nitrogen and oxygen atoms in total. The zero-order chi connectivity index (χ0) is 13.9. The molecule has 0 amide bonds. The maximum atomic E-state index is 12.0. The molecule has 0 bridgehead atoms. The van der Waals surface area contributed by atoms with Gasteiger partial charge in [-0.25, -0.2) is 8.42 Å². The van der Waals surface area contributed by atoms with Gasteiger partial charge in [-0.2, -0.15) is 0 Å². The highest BCUT2D eigenvalue weighted by Crippen LogP contribution is 2.21. The summed E-state index contributed by atoms with van der Waals surface area (Å²) >= 11 is 1.53. The molecule has 1 heterocycles. The minimum absolute atomic E-state index is 0.0958. The predicted octanol–water partition coefficient (Wildman–Crippen LogP) is 3.01. The highest BCUT2D eigenvalue weighted by Gasteiger charge is 2.20. The second kappa shape index (κ2) is 5.97. The minimum atomic E-state index is -3.28. The van der Waals surface area contributed by atoms with Gasteiger partial charge in [-0.1, -0.05) is 13.8 Å². The second-order valence-corrected chi connectivity index (χ2v) is 8.67. The SMILES string of the molecule is Cc1cc(C(=O)CS(=O)(=O)CCC(C)C)c(C)s1. The molecule has 0 aromatic carbocycles. The maximum absolute atomic E-state index is 12.0. The number of carbonyl (C=O) groups excluding carboxylic acids is 1. The van der Waals surface area contributed by atoms with E-state index in [1.165, 1.54) is 11.3 Å². The van der Waals surface area contributed by atoms with Gasteiger partial charge < -0.3 is 0 Å². The molecule has 18 heavy (non-hydrogen) atoms. The number of ketones is 1. The van der Waals surface area contributed by atoms with Crippen molar-refractivity contribution in [1.29, 1.82) is 0 Å². The molecule has 0 N–H and O–H groups in total. The Balaban J connectivity index is 2.73. The van der Waals surface area contributed by atoms with Crippen molar-refractivity contribution >= 4 is 27.0 Å². The Morgan fingerprint density at radius 1 is 1.33 bits per heavy atom. The molecular weight excluding hydrogens is 268 g/mol. The largest absolute Gasteiger partial charge is 0.293 e. The lowest BCUT2D eigenvalue weighted by atomic mass is 10.2. The molecule has 102 valence electrons. The van der Waals surface area contributed by atoms with Crippen LogP contribution in [0.1, 0.15) is 40.4 Å². The van der Waals surface area contributed by atoms with Gasteiger partial charge in [0.25, 0.3) is 0 Å². The third kappa shape index (κ3) is 4.53. The van der Waals surface area contributed by atoms with Gasteiger partial charge in [0.2, 0.25) is 0 Å².